The first-order chi connectivity index (χ1) is 19.1. The molecule has 0 radical (unpaired) electrons. The van der Waals surface area contributed by atoms with E-state index in [9.17, 15) is 10.1 Å². The zero-order chi connectivity index (χ0) is 27.6. The largest absolute Gasteiger partial charge is 0.490 e. The fourth-order valence-electron chi connectivity index (χ4n) is 4.45. The second kappa shape index (κ2) is 13.4. The molecule has 0 saturated carbocycles. The van der Waals surface area contributed by atoms with Gasteiger partial charge in [0.25, 0.3) is 5.56 Å². The van der Waals surface area contributed by atoms with Crippen molar-refractivity contribution < 1.29 is 4.74 Å². The Labute approximate surface area is 229 Å². The lowest BCUT2D eigenvalue weighted by Gasteiger charge is -2.28. The van der Waals surface area contributed by atoms with Crippen LogP contribution in [-0.2, 0) is 6.54 Å². The van der Waals surface area contributed by atoms with Crippen molar-refractivity contribution in [2.75, 3.05) is 26.7 Å². The summed E-state index contributed by atoms with van der Waals surface area (Å²) in [6.07, 6.45) is 9.11. The predicted octanol–water partition coefficient (Wildman–Crippen LogP) is 5.03. The first-order valence-electron chi connectivity index (χ1n) is 13.4. The number of hydrogen-bond acceptors (Lipinski definition) is 7. The molecule has 0 aliphatic carbocycles. The standard InChI is InChI=1S/C29H28N6O2.C2H6/c1-34-11-8-21(9-12-34)20-37-26-16-32-29(33-17-26)24-4-2-3-23(13-24)18-35-19-25(5-6-28(35)36)27-14-22(15-30)7-10-31-27;1-2/h2-7,10,13-14,16-17,19,21H,8-9,11-12,18,20H2,1H3;1-2H3. The van der Waals surface area contributed by atoms with Crippen molar-refractivity contribution in [2.45, 2.75) is 33.2 Å². The van der Waals surface area contributed by atoms with E-state index < -0.39 is 0 Å². The summed E-state index contributed by atoms with van der Waals surface area (Å²) in [4.78, 5) is 28.3. The van der Waals surface area contributed by atoms with Crippen molar-refractivity contribution >= 4 is 0 Å². The second-order valence-corrected chi connectivity index (χ2v) is 9.43. The number of nitrogens with zero attached hydrogens (tertiary/aromatic N) is 6. The summed E-state index contributed by atoms with van der Waals surface area (Å²) >= 11 is 0. The van der Waals surface area contributed by atoms with Crippen LogP contribution >= 0.6 is 0 Å². The van der Waals surface area contributed by atoms with Gasteiger partial charge in [-0.1, -0.05) is 32.0 Å². The molecule has 1 fully saturated rings. The zero-order valence-corrected chi connectivity index (χ0v) is 22.7. The van der Waals surface area contributed by atoms with E-state index in [0.717, 1.165) is 42.6 Å². The quantitative estimate of drug-likeness (QED) is 0.336. The third-order valence-electron chi connectivity index (χ3n) is 6.66. The van der Waals surface area contributed by atoms with Crippen LogP contribution in [0.2, 0.25) is 0 Å². The van der Waals surface area contributed by atoms with Crippen LogP contribution in [0.4, 0.5) is 0 Å². The van der Waals surface area contributed by atoms with Crippen LogP contribution in [0.15, 0.2) is 78.1 Å². The molecule has 8 nitrogen and oxygen atoms in total. The Morgan fingerprint density at radius 3 is 2.51 bits per heavy atom. The number of benzene rings is 1. The zero-order valence-electron chi connectivity index (χ0n) is 22.7. The lowest BCUT2D eigenvalue weighted by molar-refractivity contribution is 0.159. The Balaban J connectivity index is 0.00000172. The van der Waals surface area contributed by atoms with Crippen LogP contribution < -0.4 is 10.3 Å². The van der Waals surface area contributed by atoms with Gasteiger partial charge in [-0.25, -0.2) is 9.97 Å². The molecule has 1 saturated heterocycles. The lowest BCUT2D eigenvalue weighted by atomic mass is 9.98. The number of rotatable bonds is 7. The highest BCUT2D eigenvalue weighted by molar-refractivity contribution is 5.60. The molecule has 3 aromatic heterocycles. The number of nitriles is 1. The van der Waals surface area contributed by atoms with Gasteiger partial charge in [0, 0.05) is 29.6 Å². The van der Waals surface area contributed by atoms with Crippen molar-refractivity contribution in [2.24, 2.45) is 5.92 Å². The molecule has 5 rings (SSSR count). The molecule has 0 amide bonds. The van der Waals surface area contributed by atoms with Crippen molar-refractivity contribution in [1.82, 2.24) is 24.4 Å². The van der Waals surface area contributed by atoms with E-state index in [1.54, 1.807) is 47.6 Å². The minimum Gasteiger partial charge on any atom is -0.490 e. The first kappa shape index (κ1) is 27.7. The Bertz CT molecular complexity index is 1470. The van der Waals surface area contributed by atoms with E-state index >= 15 is 0 Å². The highest BCUT2D eigenvalue weighted by Crippen LogP contribution is 2.21. The van der Waals surface area contributed by atoms with Crippen LogP contribution in [0.3, 0.4) is 0 Å². The Morgan fingerprint density at radius 2 is 1.77 bits per heavy atom. The van der Waals surface area contributed by atoms with Gasteiger partial charge in [-0.15, -0.1) is 0 Å². The molecule has 1 aromatic carbocycles. The van der Waals surface area contributed by atoms with Crippen LogP contribution in [0.25, 0.3) is 22.6 Å². The molecule has 0 N–H and O–H groups in total. The maximum Gasteiger partial charge on any atom is 0.250 e. The van der Waals surface area contributed by atoms with E-state index in [1.807, 2.05) is 38.1 Å². The van der Waals surface area contributed by atoms with E-state index in [1.165, 1.54) is 6.07 Å². The highest BCUT2D eigenvalue weighted by atomic mass is 16.5. The minimum atomic E-state index is -0.118. The molecular formula is C31H34N6O2. The minimum absolute atomic E-state index is 0.118. The highest BCUT2D eigenvalue weighted by Gasteiger charge is 2.17. The van der Waals surface area contributed by atoms with Gasteiger partial charge < -0.3 is 14.2 Å². The molecule has 200 valence electrons. The second-order valence-electron chi connectivity index (χ2n) is 9.43. The number of piperidine rings is 1. The summed E-state index contributed by atoms with van der Waals surface area (Å²) in [7, 11) is 2.16. The van der Waals surface area contributed by atoms with Crippen molar-refractivity contribution in [1.29, 1.82) is 5.26 Å². The smallest absolute Gasteiger partial charge is 0.250 e. The molecule has 4 aromatic rings. The molecule has 8 heteroatoms. The number of ether oxygens (including phenoxy) is 1. The van der Waals surface area contributed by atoms with Gasteiger partial charge in [0.05, 0.1) is 42.9 Å². The maximum atomic E-state index is 12.6. The Hall–Kier alpha value is -4.35. The number of pyridine rings is 2. The fourth-order valence-corrected chi connectivity index (χ4v) is 4.45. The SMILES string of the molecule is CC.CN1CCC(COc2cnc(-c3cccc(Cn4cc(-c5cc(C#N)ccn5)ccc4=O)c3)nc2)CC1. The topological polar surface area (TPSA) is 96.9 Å². The molecule has 0 atom stereocenters. The van der Waals surface area contributed by atoms with E-state index in [-0.39, 0.29) is 5.56 Å². The van der Waals surface area contributed by atoms with E-state index in [0.29, 0.717) is 41.9 Å². The van der Waals surface area contributed by atoms with Crippen LogP contribution in [0.1, 0.15) is 37.8 Å². The number of aromatic nitrogens is 4. The molecule has 39 heavy (non-hydrogen) atoms. The third kappa shape index (κ3) is 7.37. The Morgan fingerprint density at radius 1 is 1.00 bits per heavy atom. The van der Waals surface area contributed by atoms with Crippen LogP contribution in [0.5, 0.6) is 5.75 Å². The van der Waals surface area contributed by atoms with Gasteiger partial charge in [0.15, 0.2) is 11.6 Å². The van der Waals surface area contributed by atoms with Crippen molar-refractivity contribution in [3.05, 3.63) is 94.8 Å². The average molecular weight is 523 g/mol. The van der Waals surface area contributed by atoms with Crippen LogP contribution in [0, 0.1) is 17.2 Å². The molecule has 0 bridgehead atoms. The summed E-state index contributed by atoms with van der Waals surface area (Å²) in [6.45, 7) is 7.30. The third-order valence-corrected chi connectivity index (χ3v) is 6.66. The first-order valence-corrected chi connectivity index (χ1v) is 13.4. The number of hydrogen-bond donors (Lipinski definition) is 0. The van der Waals surface area contributed by atoms with Gasteiger partial charge in [0.2, 0.25) is 0 Å². The molecule has 1 aliphatic rings. The van der Waals surface area contributed by atoms with E-state index in [2.05, 4.69) is 33.0 Å². The number of likely N-dealkylation sites (tertiary alicyclic amines) is 1. The lowest BCUT2D eigenvalue weighted by Crippen LogP contribution is -2.32. The van der Waals surface area contributed by atoms with Gasteiger partial charge in [-0.2, -0.15) is 5.26 Å². The molecular weight excluding hydrogens is 488 g/mol. The summed E-state index contributed by atoms with van der Waals surface area (Å²) in [5, 5.41) is 9.17. The predicted molar refractivity (Wildman–Crippen MR) is 152 cm³/mol. The van der Waals surface area contributed by atoms with Gasteiger partial charge in [0.1, 0.15) is 0 Å². The van der Waals surface area contributed by atoms with Crippen molar-refractivity contribution in [3.8, 4) is 34.5 Å². The normalized spacial score (nSPS) is 13.7. The summed E-state index contributed by atoms with van der Waals surface area (Å²) < 4.78 is 7.58. The molecule has 4 heterocycles. The fraction of sp³-hybridized carbons (Fsp3) is 0.323. The van der Waals surface area contributed by atoms with Gasteiger partial charge in [-0.3, -0.25) is 9.78 Å². The summed E-state index contributed by atoms with van der Waals surface area (Å²) in [5.41, 5.74) is 3.63. The molecule has 0 spiro atoms. The summed E-state index contributed by atoms with van der Waals surface area (Å²) in [5.74, 6) is 1.85. The molecule has 0 unspecified atom stereocenters. The Kier molecular flexibility index (Phi) is 9.54. The van der Waals surface area contributed by atoms with E-state index in [4.69, 9.17) is 4.74 Å². The molecule has 1 aliphatic heterocycles. The average Bonchev–Trinajstić information content (AvgIpc) is 2.99. The summed E-state index contributed by atoms with van der Waals surface area (Å²) in [6, 6.07) is 16.6. The maximum absolute atomic E-state index is 12.6. The van der Waals surface area contributed by atoms with Crippen LogP contribution in [-0.4, -0.2) is 51.2 Å². The monoisotopic (exact) mass is 522 g/mol. The van der Waals surface area contributed by atoms with Gasteiger partial charge in [-0.05, 0) is 68.7 Å². The van der Waals surface area contributed by atoms with Crippen molar-refractivity contribution in [3.63, 3.8) is 0 Å². The van der Waals surface area contributed by atoms with Gasteiger partial charge >= 0.3 is 0 Å².